The zero-order valence-electron chi connectivity index (χ0n) is 12.2. The number of nitrogens with one attached hydrogen (secondary N) is 1. The van der Waals surface area contributed by atoms with Gasteiger partial charge in [0.15, 0.2) is 5.65 Å². The minimum Gasteiger partial charge on any atom is -0.356 e. The van der Waals surface area contributed by atoms with Gasteiger partial charge in [-0.2, -0.15) is 5.10 Å². The van der Waals surface area contributed by atoms with Crippen molar-refractivity contribution >= 4 is 16.9 Å². The van der Waals surface area contributed by atoms with Crippen LogP contribution in [0, 0.1) is 5.92 Å². The van der Waals surface area contributed by atoms with Crippen molar-refractivity contribution in [2.24, 2.45) is 13.0 Å². The van der Waals surface area contributed by atoms with E-state index in [4.69, 9.17) is 0 Å². The summed E-state index contributed by atoms with van der Waals surface area (Å²) < 4.78 is 1.81. The second-order valence-corrected chi connectivity index (χ2v) is 5.53. The lowest BCUT2D eigenvalue weighted by Crippen LogP contribution is -2.35. The van der Waals surface area contributed by atoms with Crippen LogP contribution < -0.4 is 10.2 Å². The largest absolute Gasteiger partial charge is 0.356 e. The molecule has 0 radical (unpaired) electrons. The van der Waals surface area contributed by atoms with E-state index < -0.39 is 0 Å². The Morgan fingerprint density at radius 2 is 2.10 bits per heavy atom. The molecule has 6 nitrogen and oxygen atoms in total. The molecule has 1 N–H and O–H groups in total. The summed E-state index contributed by atoms with van der Waals surface area (Å²) in [6.07, 6.45) is 7.28. The number of fused-ring (bicyclic) bond motifs is 1. The molecule has 0 aliphatic carbocycles. The summed E-state index contributed by atoms with van der Waals surface area (Å²) in [4.78, 5) is 11.2. The summed E-state index contributed by atoms with van der Waals surface area (Å²) in [6, 6.07) is 0. The number of nitrogens with zero attached hydrogens (tertiary/aromatic N) is 5. The van der Waals surface area contributed by atoms with Gasteiger partial charge >= 0.3 is 0 Å². The maximum atomic E-state index is 4.48. The van der Waals surface area contributed by atoms with Gasteiger partial charge in [0.25, 0.3) is 0 Å². The smallest absolute Gasteiger partial charge is 0.163 e. The van der Waals surface area contributed by atoms with Gasteiger partial charge in [0, 0.05) is 20.1 Å². The van der Waals surface area contributed by atoms with E-state index >= 15 is 0 Å². The Bertz CT molecular complexity index is 570. The maximum Gasteiger partial charge on any atom is 0.163 e. The minimum absolute atomic E-state index is 0.838. The standard InChI is InChI=1S/C14H22N6/c1-15-6-3-11-4-7-20(8-5-11)14-12-9-18-19(2)13(12)16-10-17-14/h9-11,15H,3-8H2,1-2H3. The Kier molecular flexibility index (Phi) is 3.82. The third-order valence-electron chi connectivity index (χ3n) is 4.23. The Morgan fingerprint density at radius 3 is 2.85 bits per heavy atom. The number of anilines is 1. The molecule has 2 aromatic rings. The zero-order chi connectivity index (χ0) is 13.9. The van der Waals surface area contributed by atoms with Gasteiger partial charge in [-0.1, -0.05) is 0 Å². The molecule has 0 atom stereocenters. The summed E-state index contributed by atoms with van der Waals surface area (Å²) in [5.74, 6) is 1.88. The molecule has 1 saturated heterocycles. The fourth-order valence-corrected chi connectivity index (χ4v) is 2.98. The predicted molar refractivity (Wildman–Crippen MR) is 79.8 cm³/mol. The molecule has 0 unspecified atom stereocenters. The van der Waals surface area contributed by atoms with E-state index in [0.29, 0.717) is 0 Å². The van der Waals surface area contributed by atoms with Crippen molar-refractivity contribution in [1.29, 1.82) is 0 Å². The average Bonchev–Trinajstić information content (AvgIpc) is 2.87. The lowest BCUT2D eigenvalue weighted by atomic mass is 9.93. The van der Waals surface area contributed by atoms with Gasteiger partial charge in [0.1, 0.15) is 12.1 Å². The molecule has 3 rings (SSSR count). The van der Waals surface area contributed by atoms with Crippen molar-refractivity contribution in [3.63, 3.8) is 0 Å². The van der Waals surface area contributed by atoms with E-state index in [1.807, 2.05) is 20.3 Å². The average molecular weight is 274 g/mol. The summed E-state index contributed by atoms with van der Waals surface area (Å²) in [7, 11) is 3.94. The molecule has 0 aromatic carbocycles. The van der Waals surface area contributed by atoms with Gasteiger partial charge < -0.3 is 10.2 Å². The second kappa shape index (κ2) is 5.75. The van der Waals surface area contributed by atoms with Gasteiger partial charge in [-0.25, -0.2) is 9.97 Å². The summed E-state index contributed by atoms with van der Waals surface area (Å²) in [6.45, 7) is 3.27. The van der Waals surface area contributed by atoms with Crippen LogP contribution in [0.4, 0.5) is 5.82 Å². The van der Waals surface area contributed by atoms with Crippen molar-refractivity contribution in [2.45, 2.75) is 19.3 Å². The quantitative estimate of drug-likeness (QED) is 0.907. The van der Waals surface area contributed by atoms with Crippen molar-refractivity contribution in [1.82, 2.24) is 25.1 Å². The number of hydrogen-bond donors (Lipinski definition) is 1. The van der Waals surface area contributed by atoms with E-state index in [2.05, 4.69) is 25.3 Å². The molecular formula is C14H22N6. The van der Waals surface area contributed by atoms with Crippen LogP contribution in [0.2, 0.25) is 0 Å². The van der Waals surface area contributed by atoms with Crippen LogP contribution in [0.5, 0.6) is 0 Å². The first-order valence-corrected chi connectivity index (χ1v) is 7.32. The third-order valence-corrected chi connectivity index (χ3v) is 4.23. The van der Waals surface area contributed by atoms with Gasteiger partial charge in [-0.3, -0.25) is 4.68 Å². The van der Waals surface area contributed by atoms with Crippen molar-refractivity contribution in [3.8, 4) is 0 Å². The van der Waals surface area contributed by atoms with Crippen LogP contribution >= 0.6 is 0 Å². The molecule has 1 fully saturated rings. The summed E-state index contributed by atoms with van der Waals surface area (Å²) in [5, 5.41) is 8.58. The van der Waals surface area contributed by atoms with Crippen LogP contribution in [0.15, 0.2) is 12.5 Å². The molecule has 2 aromatic heterocycles. The highest BCUT2D eigenvalue weighted by Gasteiger charge is 2.22. The molecule has 0 amide bonds. The Morgan fingerprint density at radius 1 is 1.30 bits per heavy atom. The summed E-state index contributed by atoms with van der Waals surface area (Å²) in [5.41, 5.74) is 0.910. The van der Waals surface area contributed by atoms with E-state index in [0.717, 1.165) is 42.4 Å². The molecule has 20 heavy (non-hydrogen) atoms. The number of piperidine rings is 1. The lowest BCUT2D eigenvalue weighted by molar-refractivity contribution is 0.377. The first-order chi connectivity index (χ1) is 9.79. The van der Waals surface area contributed by atoms with Gasteiger partial charge in [0.05, 0.1) is 11.6 Å². The predicted octanol–water partition coefficient (Wildman–Crippen LogP) is 1.19. The van der Waals surface area contributed by atoms with E-state index in [1.54, 1.807) is 11.0 Å². The molecular weight excluding hydrogens is 252 g/mol. The monoisotopic (exact) mass is 274 g/mol. The topological polar surface area (TPSA) is 58.9 Å². The number of hydrogen-bond acceptors (Lipinski definition) is 5. The highest BCUT2D eigenvalue weighted by molar-refractivity contribution is 5.86. The number of aryl methyl sites for hydroxylation is 1. The zero-order valence-corrected chi connectivity index (χ0v) is 12.2. The highest BCUT2D eigenvalue weighted by Crippen LogP contribution is 2.27. The van der Waals surface area contributed by atoms with Gasteiger partial charge in [-0.15, -0.1) is 0 Å². The number of aromatic nitrogens is 4. The Hall–Kier alpha value is -1.69. The summed E-state index contributed by atoms with van der Waals surface area (Å²) >= 11 is 0. The lowest BCUT2D eigenvalue weighted by Gasteiger charge is -2.33. The van der Waals surface area contributed by atoms with Crippen LogP contribution in [-0.2, 0) is 7.05 Å². The molecule has 0 bridgehead atoms. The first-order valence-electron chi connectivity index (χ1n) is 7.32. The molecule has 1 aliphatic heterocycles. The van der Waals surface area contributed by atoms with Gasteiger partial charge in [-0.05, 0) is 38.8 Å². The Balaban J connectivity index is 1.73. The molecule has 108 valence electrons. The molecule has 3 heterocycles. The van der Waals surface area contributed by atoms with Gasteiger partial charge in [0.2, 0.25) is 0 Å². The SMILES string of the molecule is CNCCC1CCN(c2ncnc3c2cnn3C)CC1. The molecule has 0 saturated carbocycles. The normalized spacial score (nSPS) is 17.0. The van der Waals surface area contributed by atoms with Crippen LogP contribution in [0.1, 0.15) is 19.3 Å². The van der Waals surface area contributed by atoms with Crippen molar-refractivity contribution < 1.29 is 0 Å². The van der Waals surface area contributed by atoms with E-state index in [1.165, 1.54) is 19.3 Å². The second-order valence-electron chi connectivity index (χ2n) is 5.53. The fraction of sp³-hybridized carbons (Fsp3) is 0.643. The molecule has 1 aliphatic rings. The molecule has 0 spiro atoms. The Labute approximate surface area is 119 Å². The number of rotatable bonds is 4. The maximum absolute atomic E-state index is 4.48. The van der Waals surface area contributed by atoms with Crippen LogP contribution in [-0.4, -0.2) is 46.4 Å². The third kappa shape index (κ3) is 2.47. The minimum atomic E-state index is 0.838. The van der Waals surface area contributed by atoms with Crippen LogP contribution in [0.3, 0.4) is 0 Å². The van der Waals surface area contributed by atoms with E-state index in [-0.39, 0.29) is 0 Å². The highest BCUT2D eigenvalue weighted by atomic mass is 15.3. The van der Waals surface area contributed by atoms with Crippen molar-refractivity contribution in [2.75, 3.05) is 31.6 Å². The fourth-order valence-electron chi connectivity index (χ4n) is 2.98. The van der Waals surface area contributed by atoms with Crippen molar-refractivity contribution in [3.05, 3.63) is 12.5 Å². The van der Waals surface area contributed by atoms with E-state index in [9.17, 15) is 0 Å². The first kappa shape index (κ1) is 13.3. The molecule has 6 heteroatoms. The van der Waals surface area contributed by atoms with Crippen LogP contribution in [0.25, 0.3) is 11.0 Å².